The van der Waals surface area contributed by atoms with Crippen molar-refractivity contribution in [1.29, 1.82) is 0 Å². The third kappa shape index (κ3) is 4.86. The molecule has 3 rings (SSSR count). The molecule has 0 spiro atoms. The van der Waals surface area contributed by atoms with Gasteiger partial charge in [0.15, 0.2) is 0 Å². The Labute approximate surface area is 181 Å². The van der Waals surface area contributed by atoms with Crippen LogP contribution in [0.25, 0.3) is 0 Å². The van der Waals surface area contributed by atoms with Crippen molar-refractivity contribution >= 4 is 27.6 Å². The van der Waals surface area contributed by atoms with E-state index in [1.807, 2.05) is 19.1 Å². The minimum Gasteiger partial charge on any atom is -0.462 e. The Kier molecular flexibility index (Phi) is 6.53. The van der Waals surface area contributed by atoms with Crippen LogP contribution < -0.4 is 4.83 Å². The van der Waals surface area contributed by atoms with Gasteiger partial charge in [-0.3, -0.25) is 4.68 Å². The van der Waals surface area contributed by atoms with Crippen LogP contribution in [0.5, 0.6) is 0 Å². The number of sulfonamides is 1. The number of aromatic nitrogens is 1. The van der Waals surface area contributed by atoms with Gasteiger partial charge in [-0.15, -0.1) is 0 Å². The van der Waals surface area contributed by atoms with Crippen molar-refractivity contribution in [3.63, 3.8) is 0 Å². The maximum atomic E-state index is 13.0. The first-order chi connectivity index (χ1) is 14.2. The molecule has 0 saturated heterocycles. The van der Waals surface area contributed by atoms with Gasteiger partial charge in [0.2, 0.25) is 0 Å². The molecule has 0 aliphatic carbocycles. The number of rotatable bonds is 7. The summed E-state index contributed by atoms with van der Waals surface area (Å²) < 4.78 is 32.5. The predicted octanol–water partition coefficient (Wildman–Crippen LogP) is 4.46. The highest BCUT2D eigenvalue weighted by atomic mass is 35.5. The van der Waals surface area contributed by atoms with Crippen molar-refractivity contribution < 1.29 is 17.9 Å². The quantitative estimate of drug-likeness (QED) is 0.543. The normalized spacial score (nSPS) is 11.3. The Hall–Kier alpha value is -2.77. The van der Waals surface area contributed by atoms with Crippen molar-refractivity contribution in [3.05, 3.63) is 87.7 Å². The van der Waals surface area contributed by atoms with Gasteiger partial charge in [-0.1, -0.05) is 41.4 Å². The van der Waals surface area contributed by atoms with Gasteiger partial charge in [0, 0.05) is 17.1 Å². The van der Waals surface area contributed by atoms with E-state index < -0.39 is 16.0 Å². The molecule has 0 atom stereocenters. The Morgan fingerprint density at radius 1 is 1.07 bits per heavy atom. The molecule has 1 aromatic heterocycles. The summed E-state index contributed by atoms with van der Waals surface area (Å²) in [6.07, 6.45) is 0.397. The molecule has 1 heterocycles. The van der Waals surface area contributed by atoms with Gasteiger partial charge >= 0.3 is 5.97 Å². The molecule has 0 unspecified atom stereocenters. The second-order valence-corrected chi connectivity index (χ2v) is 9.00. The lowest BCUT2D eigenvalue weighted by Gasteiger charge is -2.15. The highest BCUT2D eigenvalue weighted by Gasteiger charge is 2.23. The highest BCUT2D eigenvalue weighted by Crippen LogP contribution is 2.22. The average molecular weight is 447 g/mol. The number of aryl methyl sites for hydroxylation is 1. The zero-order valence-electron chi connectivity index (χ0n) is 17.0. The molecule has 30 heavy (non-hydrogen) atoms. The number of nitrogens with one attached hydrogen (secondary N) is 1. The summed E-state index contributed by atoms with van der Waals surface area (Å²) in [6.45, 7) is 5.51. The fourth-order valence-electron chi connectivity index (χ4n) is 3.05. The molecular weight excluding hydrogens is 424 g/mol. The van der Waals surface area contributed by atoms with E-state index in [0.717, 1.165) is 11.1 Å². The van der Waals surface area contributed by atoms with Gasteiger partial charge in [-0.05, 0) is 56.7 Å². The monoisotopic (exact) mass is 446 g/mol. The minimum atomic E-state index is -3.86. The van der Waals surface area contributed by atoms with E-state index in [-0.39, 0.29) is 11.5 Å². The molecule has 0 amide bonds. The molecule has 3 aromatic rings. The molecule has 1 N–H and O–H groups in total. The smallest absolute Gasteiger partial charge is 0.340 e. The third-order valence-electron chi connectivity index (χ3n) is 4.66. The first-order valence-electron chi connectivity index (χ1n) is 9.43. The van der Waals surface area contributed by atoms with Crippen LogP contribution >= 0.6 is 11.6 Å². The SMILES string of the molecule is CCOC(=O)c1cc(Cc2ccc(Cl)cc2)n(NS(=O)(=O)c2ccc(C)cc2)c1C. The lowest BCUT2D eigenvalue weighted by molar-refractivity contribution is 0.0525. The lowest BCUT2D eigenvalue weighted by Crippen LogP contribution is -2.26. The fraction of sp³-hybridized carbons (Fsp3) is 0.227. The van der Waals surface area contributed by atoms with Crippen LogP contribution in [0.2, 0.25) is 5.02 Å². The summed E-state index contributed by atoms with van der Waals surface area (Å²) in [4.78, 5) is 15.1. The van der Waals surface area contributed by atoms with Crippen molar-refractivity contribution in [3.8, 4) is 0 Å². The summed E-state index contributed by atoms with van der Waals surface area (Å²) in [5.41, 5.74) is 3.25. The van der Waals surface area contributed by atoms with Gasteiger partial charge in [-0.25, -0.2) is 9.63 Å². The van der Waals surface area contributed by atoms with Crippen LogP contribution in [-0.4, -0.2) is 25.7 Å². The number of esters is 1. The van der Waals surface area contributed by atoms with Gasteiger partial charge in [-0.2, -0.15) is 8.42 Å². The Morgan fingerprint density at radius 3 is 2.30 bits per heavy atom. The largest absolute Gasteiger partial charge is 0.462 e. The molecule has 0 fully saturated rings. The number of carbonyl (C=O) groups excluding carboxylic acids is 1. The van der Waals surface area contributed by atoms with Crippen LogP contribution in [0.15, 0.2) is 59.5 Å². The van der Waals surface area contributed by atoms with Crippen molar-refractivity contribution in [2.45, 2.75) is 32.1 Å². The number of nitrogens with zero attached hydrogens (tertiary/aromatic N) is 1. The van der Waals surface area contributed by atoms with Crippen LogP contribution in [0.1, 0.15) is 39.8 Å². The van der Waals surface area contributed by atoms with Crippen molar-refractivity contribution in [2.75, 3.05) is 11.4 Å². The van der Waals surface area contributed by atoms with E-state index in [1.54, 1.807) is 56.3 Å². The molecule has 6 nitrogen and oxygen atoms in total. The standard InChI is InChI=1S/C22H23ClN2O4S/c1-4-29-22(26)21-14-19(13-17-7-9-18(23)10-8-17)25(16(21)3)24-30(27,28)20-11-5-15(2)6-12-20/h5-12,14,24H,4,13H2,1-3H3. The Balaban J connectivity index is 2.02. The summed E-state index contributed by atoms with van der Waals surface area (Å²) in [6, 6.07) is 15.4. The van der Waals surface area contributed by atoms with E-state index in [2.05, 4.69) is 4.83 Å². The van der Waals surface area contributed by atoms with Crippen molar-refractivity contribution in [1.82, 2.24) is 4.68 Å². The number of carbonyl (C=O) groups is 1. The van der Waals surface area contributed by atoms with Crippen LogP contribution in [0.3, 0.4) is 0 Å². The third-order valence-corrected chi connectivity index (χ3v) is 6.23. The van der Waals surface area contributed by atoms with E-state index in [1.165, 1.54) is 4.68 Å². The summed E-state index contributed by atoms with van der Waals surface area (Å²) >= 11 is 5.96. The number of halogens is 1. The molecule has 0 aliphatic heterocycles. The maximum absolute atomic E-state index is 13.0. The van der Waals surface area contributed by atoms with Crippen LogP contribution in [0, 0.1) is 13.8 Å². The topological polar surface area (TPSA) is 77.4 Å². The molecule has 0 bridgehead atoms. The Morgan fingerprint density at radius 2 is 1.70 bits per heavy atom. The number of benzene rings is 2. The molecule has 158 valence electrons. The van der Waals surface area contributed by atoms with E-state index in [9.17, 15) is 13.2 Å². The van der Waals surface area contributed by atoms with Gasteiger partial charge in [0.25, 0.3) is 10.0 Å². The fourth-order valence-corrected chi connectivity index (χ4v) is 4.27. The predicted molar refractivity (Wildman–Crippen MR) is 117 cm³/mol. The summed E-state index contributed by atoms with van der Waals surface area (Å²) in [5.74, 6) is -0.499. The lowest BCUT2D eigenvalue weighted by atomic mass is 10.1. The first-order valence-corrected chi connectivity index (χ1v) is 11.3. The molecule has 0 saturated carbocycles. The maximum Gasteiger partial charge on any atom is 0.340 e. The zero-order valence-corrected chi connectivity index (χ0v) is 18.5. The molecule has 0 radical (unpaired) electrons. The highest BCUT2D eigenvalue weighted by molar-refractivity contribution is 7.92. The van der Waals surface area contributed by atoms with Crippen molar-refractivity contribution in [2.24, 2.45) is 0 Å². The second kappa shape index (κ2) is 8.93. The molecular formula is C22H23ClN2O4S. The number of hydrogen-bond acceptors (Lipinski definition) is 4. The van der Waals surface area contributed by atoms with E-state index in [0.29, 0.717) is 28.4 Å². The molecule has 8 heteroatoms. The summed E-state index contributed by atoms with van der Waals surface area (Å²) in [7, 11) is -3.86. The second-order valence-electron chi connectivity index (χ2n) is 6.90. The number of hydrogen-bond donors (Lipinski definition) is 1. The molecule has 2 aromatic carbocycles. The minimum absolute atomic E-state index is 0.135. The number of ether oxygens (including phenoxy) is 1. The molecule has 0 aliphatic rings. The van der Waals surface area contributed by atoms with E-state index in [4.69, 9.17) is 16.3 Å². The first kappa shape index (κ1) is 21.9. The zero-order chi connectivity index (χ0) is 21.9. The average Bonchev–Trinajstić information content (AvgIpc) is 2.99. The summed E-state index contributed by atoms with van der Waals surface area (Å²) in [5, 5.41) is 0.609. The Bertz CT molecular complexity index is 1150. The van der Waals surface area contributed by atoms with Gasteiger partial charge < -0.3 is 4.74 Å². The van der Waals surface area contributed by atoms with Gasteiger partial charge in [0.1, 0.15) is 0 Å². The van der Waals surface area contributed by atoms with Gasteiger partial charge in [0.05, 0.1) is 22.8 Å². The van der Waals surface area contributed by atoms with E-state index >= 15 is 0 Å². The van der Waals surface area contributed by atoms with Crippen LogP contribution in [-0.2, 0) is 21.2 Å². The van der Waals surface area contributed by atoms with Crippen LogP contribution in [0.4, 0.5) is 0 Å².